The predicted molar refractivity (Wildman–Crippen MR) is 140 cm³/mol. The second-order valence-electron chi connectivity index (χ2n) is 9.24. The molecule has 1 aromatic carbocycles. The molecule has 5 N–H and O–H groups in total. The first-order chi connectivity index (χ1) is 17.1. The van der Waals surface area contributed by atoms with E-state index >= 15 is 0 Å². The number of amides is 2. The molecule has 0 atom stereocenters. The summed E-state index contributed by atoms with van der Waals surface area (Å²) in [5, 5.41) is 9.18. The second-order valence-corrected chi connectivity index (χ2v) is 9.99. The summed E-state index contributed by atoms with van der Waals surface area (Å²) in [5.74, 6) is 0.662. The lowest BCUT2D eigenvalue weighted by atomic mass is 10.1. The Labute approximate surface area is 219 Å². The van der Waals surface area contributed by atoms with Crippen LogP contribution >= 0.6 is 15.9 Å². The van der Waals surface area contributed by atoms with Gasteiger partial charge in [-0.25, -0.2) is 14.8 Å². The molecule has 0 radical (unpaired) electrons. The summed E-state index contributed by atoms with van der Waals surface area (Å²) in [6.07, 6.45) is 1.84. The van der Waals surface area contributed by atoms with Gasteiger partial charge in [-0.1, -0.05) is 6.07 Å². The highest BCUT2D eigenvalue weighted by Crippen LogP contribution is 2.28. The van der Waals surface area contributed by atoms with E-state index in [-0.39, 0.29) is 17.6 Å². The number of ether oxygens (including phenoxy) is 3. The Bertz CT molecular complexity index is 1060. The highest BCUT2D eigenvalue weighted by molar-refractivity contribution is 9.10. The van der Waals surface area contributed by atoms with E-state index in [1.54, 1.807) is 6.07 Å². The number of nitrogens with zero attached hydrogens (tertiary/aromatic N) is 2. The number of aromatic nitrogens is 2. The van der Waals surface area contributed by atoms with Crippen molar-refractivity contribution in [3.8, 4) is 5.75 Å². The van der Waals surface area contributed by atoms with Gasteiger partial charge in [-0.05, 0) is 68.1 Å². The number of hydrogen-bond acceptors (Lipinski definition) is 9. The Hall–Kier alpha value is -3.12. The van der Waals surface area contributed by atoms with Crippen LogP contribution in [-0.2, 0) is 9.47 Å². The largest absolute Gasteiger partial charge is 0.493 e. The topological polar surface area (TPSA) is 150 Å². The van der Waals surface area contributed by atoms with Crippen molar-refractivity contribution in [3.05, 3.63) is 34.6 Å². The van der Waals surface area contributed by atoms with Gasteiger partial charge in [0.15, 0.2) is 17.3 Å². The van der Waals surface area contributed by atoms with Crippen molar-refractivity contribution in [2.24, 2.45) is 5.73 Å². The summed E-state index contributed by atoms with van der Waals surface area (Å²) in [4.78, 5) is 32.6. The maximum absolute atomic E-state index is 12.0. The van der Waals surface area contributed by atoms with Gasteiger partial charge in [0.25, 0.3) is 5.91 Å². The van der Waals surface area contributed by atoms with Crippen molar-refractivity contribution >= 4 is 45.3 Å². The van der Waals surface area contributed by atoms with Crippen molar-refractivity contribution in [1.29, 1.82) is 0 Å². The van der Waals surface area contributed by atoms with Crippen LogP contribution in [0.3, 0.4) is 0 Å². The van der Waals surface area contributed by atoms with E-state index in [1.165, 1.54) is 0 Å². The normalized spacial score (nSPS) is 14.1. The van der Waals surface area contributed by atoms with Crippen LogP contribution in [-0.4, -0.2) is 60.0 Å². The van der Waals surface area contributed by atoms with Crippen molar-refractivity contribution in [2.75, 3.05) is 37.0 Å². The molecular weight excluding hydrogens is 532 g/mol. The number of halogens is 1. The smallest absolute Gasteiger partial charge is 0.407 e. The van der Waals surface area contributed by atoms with Crippen LogP contribution in [0.25, 0.3) is 0 Å². The van der Waals surface area contributed by atoms with Gasteiger partial charge in [0.1, 0.15) is 16.0 Å². The molecule has 12 heteroatoms. The predicted octanol–water partition coefficient (Wildman–Crippen LogP) is 3.97. The van der Waals surface area contributed by atoms with Crippen molar-refractivity contribution in [3.63, 3.8) is 0 Å². The molecule has 1 aliphatic rings. The molecule has 2 aromatic rings. The zero-order valence-electron chi connectivity index (χ0n) is 20.7. The SMILES string of the molecule is CC(C)(C)OC(=O)NCCCOc1cccc(Nc2nc(NC3CCOCC3)c(Br)nc2C(N)=O)c1. The number of alkyl carbamates (subject to hydrolysis) is 1. The van der Waals surface area contributed by atoms with Crippen molar-refractivity contribution < 1.29 is 23.8 Å². The minimum absolute atomic E-state index is 0.0129. The molecule has 0 unspecified atom stereocenters. The van der Waals surface area contributed by atoms with Crippen molar-refractivity contribution in [1.82, 2.24) is 15.3 Å². The lowest BCUT2D eigenvalue weighted by molar-refractivity contribution is 0.0525. The van der Waals surface area contributed by atoms with Gasteiger partial charge in [0, 0.05) is 37.6 Å². The summed E-state index contributed by atoms with van der Waals surface area (Å²) in [5.41, 5.74) is 5.67. The summed E-state index contributed by atoms with van der Waals surface area (Å²) in [6.45, 7) is 7.61. The number of carbonyl (C=O) groups excluding carboxylic acids is 2. The third-order valence-electron chi connectivity index (χ3n) is 5.00. The van der Waals surface area contributed by atoms with E-state index in [9.17, 15) is 9.59 Å². The highest BCUT2D eigenvalue weighted by Gasteiger charge is 2.20. The fourth-order valence-electron chi connectivity index (χ4n) is 3.37. The van der Waals surface area contributed by atoms with E-state index in [2.05, 4.69) is 41.8 Å². The first-order valence-corrected chi connectivity index (χ1v) is 12.6. The molecule has 0 aliphatic carbocycles. The van der Waals surface area contributed by atoms with Crippen molar-refractivity contribution in [2.45, 2.75) is 51.7 Å². The van der Waals surface area contributed by atoms with Gasteiger partial charge in [0.2, 0.25) is 0 Å². The number of nitrogens with two attached hydrogens (primary N) is 1. The summed E-state index contributed by atoms with van der Waals surface area (Å²) < 4.78 is 16.8. The van der Waals surface area contributed by atoms with Gasteiger partial charge in [-0.2, -0.15) is 0 Å². The Balaban J connectivity index is 1.60. The molecule has 0 saturated carbocycles. The zero-order chi connectivity index (χ0) is 26.1. The average Bonchev–Trinajstić information content (AvgIpc) is 2.80. The van der Waals surface area contributed by atoms with Gasteiger partial charge in [-0.15, -0.1) is 0 Å². The number of primary amides is 1. The minimum Gasteiger partial charge on any atom is -0.493 e. The molecule has 2 heterocycles. The van der Waals surface area contributed by atoms with Crippen LogP contribution in [0, 0.1) is 0 Å². The first-order valence-electron chi connectivity index (χ1n) is 11.8. The lowest BCUT2D eigenvalue weighted by Crippen LogP contribution is -2.33. The number of hydrogen-bond donors (Lipinski definition) is 4. The fourth-order valence-corrected chi connectivity index (χ4v) is 3.75. The number of carbonyl (C=O) groups is 2. The van der Waals surface area contributed by atoms with Crippen LogP contribution in [0.4, 0.5) is 22.1 Å². The molecule has 1 aromatic heterocycles. The molecule has 3 rings (SSSR count). The third-order valence-corrected chi connectivity index (χ3v) is 5.56. The van der Waals surface area contributed by atoms with Gasteiger partial charge in [-0.3, -0.25) is 4.79 Å². The highest BCUT2D eigenvalue weighted by atomic mass is 79.9. The molecule has 196 valence electrons. The van der Waals surface area contributed by atoms with E-state index < -0.39 is 17.6 Å². The van der Waals surface area contributed by atoms with E-state index in [0.29, 0.717) is 54.6 Å². The quantitative estimate of drug-likeness (QED) is 0.314. The summed E-state index contributed by atoms with van der Waals surface area (Å²) in [7, 11) is 0. The molecule has 1 saturated heterocycles. The summed E-state index contributed by atoms with van der Waals surface area (Å²) in [6, 6.07) is 7.41. The molecule has 1 fully saturated rings. The molecule has 2 amide bonds. The number of rotatable bonds is 10. The van der Waals surface area contributed by atoms with Crippen LogP contribution in [0.5, 0.6) is 5.75 Å². The molecule has 0 bridgehead atoms. The van der Waals surface area contributed by atoms with Crippen LogP contribution in [0.15, 0.2) is 28.9 Å². The van der Waals surface area contributed by atoms with Gasteiger partial charge < -0.3 is 35.9 Å². The molecule has 11 nitrogen and oxygen atoms in total. The third kappa shape index (κ3) is 8.83. The monoisotopic (exact) mass is 564 g/mol. The average molecular weight is 565 g/mol. The van der Waals surface area contributed by atoms with E-state index in [4.69, 9.17) is 19.9 Å². The van der Waals surface area contributed by atoms with Crippen LogP contribution in [0.2, 0.25) is 0 Å². The fraction of sp³-hybridized carbons (Fsp3) is 0.500. The molecular formula is C24H33BrN6O5. The molecule has 1 aliphatic heterocycles. The minimum atomic E-state index is -0.701. The first kappa shape index (κ1) is 27.5. The summed E-state index contributed by atoms with van der Waals surface area (Å²) >= 11 is 3.38. The van der Waals surface area contributed by atoms with Crippen LogP contribution < -0.4 is 26.4 Å². The number of anilines is 3. The van der Waals surface area contributed by atoms with E-state index in [0.717, 1.165) is 12.8 Å². The number of benzene rings is 1. The molecule has 0 spiro atoms. The maximum Gasteiger partial charge on any atom is 0.407 e. The standard InChI is InChI=1S/C24H33BrN6O5/c1-24(2,3)36-23(33)27-10-5-11-35-17-7-4-6-16(14-17)29-21-18(20(26)32)30-19(25)22(31-21)28-15-8-12-34-13-9-15/h4,6-7,14-15H,5,8-13H2,1-3H3,(H2,26,32)(H,27,33)(H2,28,29,31). The van der Waals surface area contributed by atoms with Gasteiger partial charge in [0.05, 0.1) is 6.61 Å². The Kier molecular flexibility index (Phi) is 9.71. The van der Waals surface area contributed by atoms with Gasteiger partial charge >= 0.3 is 6.09 Å². The Morgan fingerprint density at radius 3 is 2.64 bits per heavy atom. The Morgan fingerprint density at radius 2 is 1.94 bits per heavy atom. The maximum atomic E-state index is 12.0. The number of nitrogens with one attached hydrogen (secondary N) is 3. The lowest BCUT2D eigenvalue weighted by Gasteiger charge is -2.24. The Morgan fingerprint density at radius 1 is 1.19 bits per heavy atom. The van der Waals surface area contributed by atoms with E-state index in [1.807, 2.05) is 39.0 Å². The second kappa shape index (κ2) is 12.7. The zero-order valence-corrected chi connectivity index (χ0v) is 22.3. The van der Waals surface area contributed by atoms with Crippen LogP contribution in [0.1, 0.15) is 50.5 Å². The molecule has 36 heavy (non-hydrogen) atoms.